The fraction of sp³-hybridized carbons (Fsp3) is 0.0200. The van der Waals surface area contributed by atoms with E-state index in [1.807, 2.05) is 42.5 Å². The highest BCUT2D eigenvalue weighted by atomic mass is 16.1. The molecule has 8 rings (SSSR count). The number of hydrogen-bond donors (Lipinski definition) is 0. The smallest absolute Gasteiger partial charge is 0.211 e. The van der Waals surface area contributed by atoms with Crippen LogP contribution in [0, 0.1) is 0 Å². The molecule has 0 bridgehead atoms. The van der Waals surface area contributed by atoms with Gasteiger partial charge >= 0.3 is 0 Å². The minimum absolute atomic E-state index is 0.861. The van der Waals surface area contributed by atoms with E-state index in [4.69, 9.17) is 4.99 Å². The molecule has 0 saturated carbocycles. The Balaban J connectivity index is 1.78. The highest BCUT2D eigenvalue weighted by molar-refractivity contribution is 6.36. The van der Waals surface area contributed by atoms with Crippen LogP contribution in [0.1, 0.15) is 38.9 Å². The second-order valence-electron chi connectivity index (χ2n) is 12.7. The number of nitrogens with zero attached hydrogens (tertiary/aromatic N) is 1. The minimum atomic E-state index is -1.36. The van der Waals surface area contributed by atoms with Crippen LogP contribution in [0.2, 0.25) is 0 Å². The van der Waals surface area contributed by atoms with Gasteiger partial charge < -0.3 is 0 Å². The lowest BCUT2D eigenvalue weighted by atomic mass is 9.68. The topological polar surface area (TPSA) is 29.4 Å². The Morgan fingerprint density at radius 1 is 0.308 bits per heavy atom. The number of isocyanates is 1. The van der Waals surface area contributed by atoms with Crippen LogP contribution in [0.5, 0.6) is 0 Å². The van der Waals surface area contributed by atoms with Crippen molar-refractivity contribution in [2.75, 3.05) is 0 Å². The van der Waals surface area contributed by atoms with Gasteiger partial charge in [0, 0.05) is 11.1 Å². The van der Waals surface area contributed by atoms with E-state index in [9.17, 15) is 4.79 Å². The number of carbonyl (C=O) groups excluding carboxylic acids is 1. The van der Waals surface area contributed by atoms with E-state index in [1.54, 1.807) is 0 Å². The number of aliphatic imine (C=N–C) groups is 1. The first-order chi connectivity index (χ1) is 25.8. The Labute approximate surface area is 305 Å². The predicted octanol–water partition coefficient (Wildman–Crippen LogP) is 12.1. The summed E-state index contributed by atoms with van der Waals surface area (Å²) in [7, 11) is 0. The van der Waals surface area contributed by atoms with Crippen LogP contribution >= 0.6 is 0 Å². The molecule has 0 N–H and O–H groups in total. The summed E-state index contributed by atoms with van der Waals surface area (Å²) in [6.45, 7) is 0. The third kappa shape index (κ3) is 5.78. The molecule has 0 saturated heterocycles. The van der Waals surface area contributed by atoms with Gasteiger partial charge in [0.1, 0.15) is 0 Å². The summed E-state index contributed by atoms with van der Waals surface area (Å²) < 4.78 is 0. The summed E-state index contributed by atoms with van der Waals surface area (Å²) in [4.78, 5) is 18.5. The van der Waals surface area contributed by atoms with Crippen LogP contribution in [0.3, 0.4) is 0 Å². The standard InChI is InChI=1S/C50H35NO/c52-36-51-50(43-34-20-7-21-35-43)48(41-30-16-5-17-31-41)46(39-26-12-3-13-27-39)44(37-22-8-1-9-23-37)45(38-24-10-2-11-25-38)47(40-28-14-4-15-29-40)49(50)42-32-18-6-19-33-42/h1-35H. The molecule has 1 aliphatic carbocycles. The monoisotopic (exact) mass is 665 g/mol. The third-order valence-corrected chi connectivity index (χ3v) is 9.75. The molecule has 2 heteroatoms. The van der Waals surface area contributed by atoms with Crippen LogP contribution in [0.15, 0.2) is 217 Å². The Hall–Kier alpha value is -6.86. The predicted molar refractivity (Wildman–Crippen MR) is 215 cm³/mol. The van der Waals surface area contributed by atoms with E-state index >= 15 is 0 Å². The van der Waals surface area contributed by atoms with Crippen LogP contribution in [-0.4, -0.2) is 6.08 Å². The lowest BCUT2D eigenvalue weighted by Gasteiger charge is -2.37. The summed E-state index contributed by atoms with van der Waals surface area (Å²) >= 11 is 0. The highest BCUT2D eigenvalue weighted by Gasteiger charge is 2.48. The van der Waals surface area contributed by atoms with Crippen molar-refractivity contribution in [3.8, 4) is 0 Å². The molecule has 0 aromatic heterocycles. The van der Waals surface area contributed by atoms with Crippen molar-refractivity contribution < 1.29 is 4.79 Å². The number of benzene rings is 7. The van der Waals surface area contributed by atoms with Crippen LogP contribution < -0.4 is 0 Å². The summed E-state index contributed by atoms with van der Waals surface area (Å²) in [5.74, 6) is 0. The number of allylic oxidation sites excluding steroid dienone is 4. The van der Waals surface area contributed by atoms with Crippen molar-refractivity contribution in [3.63, 3.8) is 0 Å². The first kappa shape index (κ1) is 32.4. The third-order valence-electron chi connectivity index (χ3n) is 9.75. The van der Waals surface area contributed by atoms with Gasteiger partial charge in [-0.1, -0.05) is 212 Å². The molecule has 0 unspecified atom stereocenters. The van der Waals surface area contributed by atoms with Crippen molar-refractivity contribution in [3.05, 3.63) is 251 Å². The maximum atomic E-state index is 13.4. The zero-order chi connectivity index (χ0) is 35.2. The first-order valence-electron chi connectivity index (χ1n) is 17.5. The van der Waals surface area contributed by atoms with Gasteiger partial charge in [0.05, 0.1) is 0 Å². The molecular weight excluding hydrogens is 631 g/mol. The summed E-state index contributed by atoms with van der Waals surface area (Å²) in [5, 5.41) is 0. The van der Waals surface area contributed by atoms with Gasteiger partial charge in [-0.15, -0.1) is 0 Å². The molecule has 2 nitrogen and oxygen atoms in total. The number of rotatable bonds is 8. The lowest BCUT2D eigenvalue weighted by Crippen LogP contribution is -2.29. The zero-order valence-electron chi connectivity index (χ0n) is 28.6. The van der Waals surface area contributed by atoms with Crippen LogP contribution in [0.4, 0.5) is 0 Å². The van der Waals surface area contributed by atoms with Crippen molar-refractivity contribution in [2.24, 2.45) is 4.99 Å². The van der Waals surface area contributed by atoms with E-state index in [0.717, 1.165) is 72.4 Å². The SMILES string of the molecule is O=C=NC1(c2ccccc2)C(c2ccccc2)=C(c2ccccc2)C(c2ccccc2)=C(c2ccccc2)C(c2ccccc2)=C1c1ccccc1. The van der Waals surface area contributed by atoms with E-state index in [2.05, 4.69) is 176 Å². The van der Waals surface area contributed by atoms with Crippen molar-refractivity contribution in [1.29, 1.82) is 0 Å². The molecule has 0 fully saturated rings. The highest BCUT2D eigenvalue weighted by Crippen LogP contribution is 2.61. The quantitative estimate of drug-likeness (QED) is 0.117. The summed E-state index contributed by atoms with van der Waals surface area (Å²) in [5.41, 5.74) is 11.4. The molecule has 0 radical (unpaired) electrons. The molecule has 0 heterocycles. The first-order valence-corrected chi connectivity index (χ1v) is 17.5. The molecule has 0 aliphatic heterocycles. The van der Waals surface area contributed by atoms with Gasteiger partial charge in [0.2, 0.25) is 6.08 Å². The second kappa shape index (κ2) is 14.5. The molecule has 7 aromatic rings. The van der Waals surface area contributed by atoms with Gasteiger partial charge in [-0.25, -0.2) is 4.79 Å². The second-order valence-corrected chi connectivity index (χ2v) is 12.7. The van der Waals surface area contributed by atoms with Gasteiger partial charge in [0.15, 0.2) is 5.54 Å². The van der Waals surface area contributed by atoms with Crippen molar-refractivity contribution >= 4 is 39.5 Å². The maximum Gasteiger partial charge on any atom is 0.236 e. The van der Waals surface area contributed by atoms with Crippen LogP contribution in [0.25, 0.3) is 33.4 Å². The molecule has 0 atom stereocenters. The van der Waals surface area contributed by atoms with Gasteiger partial charge in [0.25, 0.3) is 0 Å². The average molecular weight is 666 g/mol. The lowest BCUT2D eigenvalue weighted by molar-refractivity contribution is 0.557. The molecule has 0 amide bonds. The molecule has 52 heavy (non-hydrogen) atoms. The fourth-order valence-electron chi connectivity index (χ4n) is 7.69. The summed E-state index contributed by atoms with van der Waals surface area (Å²) in [6, 6.07) is 73.4. The van der Waals surface area contributed by atoms with Crippen LogP contribution in [-0.2, 0) is 10.3 Å². The fourth-order valence-corrected chi connectivity index (χ4v) is 7.69. The molecule has 7 aromatic carbocycles. The molecule has 246 valence electrons. The largest absolute Gasteiger partial charge is 0.236 e. The van der Waals surface area contributed by atoms with E-state index in [1.165, 1.54) is 0 Å². The Morgan fingerprint density at radius 2 is 0.558 bits per heavy atom. The Kier molecular flexibility index (Phi) is 9.05. The molecule has 0 spiro atoms. The van der Waals surface area contributed by atoms with Gasteiger partial charge in [-0.05, 0) is 61.2 Å². The molecule has 1 aliphatic rings. The maximum absolute atomic E-state index is 13.4. The minimum Gasteiger partial charge on any atom is -0.211 e. The van der Waals surface area contributed by atoms with Gasteiger partial charge in [-0.2, -0.15) is 4.99 Å². The average Bonchev–Trinajstić information content (AvgIpc) is 3.35. The number of hydrogen-bond acceptors (Lipinski definition) is 2. The molecular formula is C50H35NO. The van der Waals surface area contributed by atoms with Crippen molar-refractivity contribution in [2.45, 2.75) is 5.54 Å². The van der Waals surface area contributed by atoms with E-state index < -0.39 is 5.54 Å². The zero-order valence-corrected chi connectivity index (χ0v) is 28.6. The van der Waals surface area contributed by atoms with Gasteiger partial charge in [-0.3, -0.25) is 0 Å². The van der Waals surface area contributed by atoms with E-state index in [0.29, 0.717) is 0 Å². The summed E-state index contributed by atoms with van der Waals surface area (Å²) in [6.07, 6.45) is 2.15. The van der Waals surface area contributed by atoms with Crippen molar-refractivity contribution in [1.82, 2.24) is 0 Å². The Morgan fingerprint density at radius 3 is 0.846 bits per heavy atom. The Bertz CT molecular complexity index is 2300. The van der Waals surface area contributed by atoms with E-state index in [-0.39, 0.29) is 0 Å². The normalized spacial score (nSPS) is 14.1.